The highest BCUT2D eigenvalue weighted by atomic mass is 32.2. The molecule has 1 heterocycles. The maximum atomic E-state index is 12.5. The number of sulfone groups is 1. The van der Waals surface area contributed by atoms with Gasteiger partial charge in [-0.3, -0.25) is 9.59 Å². The van der Waals surface area contributed by atoms with Gasteiger partial charge in [0.25, 0.3) is 5.91 Å². The van der Waals surface area contributed by atoms with Crippen molar-refractivity contribution in [2.45, 2.75) is 32.4 Å². The highest BCUT2D eigenvalue weighted by molar-refractivity contribution is 7.91. The number of esters is 1. The summed E-state index contributed by atoms with van der Waals surface area (Å²) in [5.74, 6) is -1.87. The Morgan fingerprint density at radius 1 is 1.25 bits per heavy atom. The summed E-state index contributed by atoms with van der Waals surface area (Å²) in [6.07, 6.45) is 0.679. The Labute approximate surface area is 164 Å². The first-order chi connectivity index (χ1) is 13.1. The molecule has 1 aliphatic rings. The van der Waals surface area contributed by atoms with Crippen molar-refractivity contribution in [1.29, 1.82) is 0 Å². The number of hydrogen-bond acceptors (Lipinski definition) is 6. The van der Waals surface area contributed by atoms with Gasteiger partial charge in [-0.15, -0.1) is 0 Å². The molecule has 2 rings (SSSR count). The second kappa shape index (κ2) is 9.01. The first-order valence-electron chi connectivity index (χ1n) is 8.81. The van der Waals surface area contributed by atoms with E-state index in [4.69, 9.17) is 4.74 Å². The van der Waals surface area contributed by atoms with Crippen LogP contribution in [0.4, 0.5) is 0 Å². The van der Waals surface area contributed by atoms with Crippen LogP contribution in [0.2, 0.25) is 0 Å². The maximum absolute atomic E-state index is 12.5. The SMILES string of the molecule is CC(=O)N/C(=C\c1ccccc1)C(=O)O[C@@H](C)C(=O)N(C)[C@H]1CCS(=O)(=O)C1. The van der Waals surface area contributed by atoms with Gasteiger partial charge in [-0.25, -0.2) is 13.2 Å². The zero-order valence-corrected chi connectivity index (χ0v) is 16.9. The second-order valence-electron chi connectivity index (χ2n) is 6.70. The van der Waals surface area contributed by atoms with Crippen molar-refractivity contribution in [2.75, 3.05) is 18.6 Å². The molecule has 152 valence electrons. The lowest BCUT2D eigenvalue weighted by Crippen LogP contribution is -2.44. The number of amides is 2. The average Bonchev–Trinajstić information content (AvgIpc) is 3.00. The molecule has 8 nitrogen and oxygen atoms in total. The van der Waals surface area contributed by atoms with Gasteiger partial charge in [0.1, 0.15) is 5.70 Å². The molecule has 0 aliphatic carbocycles. The molecule has 1 N–H and O–H groups in total. The molecule has 1 aromatic carbocycles. The fourth-order valence-electron chi connectivity index (χ4n) is 2.87. The monoisotopic (exact) mass is 408 g/mol. The number of carbonyl (C=O) groups is 3. The minimum atomic E-state index is -3.14. The van der Waals surface area contributed by atoms with E-state index in [2.05, 4.69) is 5.32 Å². The van der Waals surface area contributed by atoms with Crippen LogP contribution in [-0.4, -0.2) is 61.8 Å². The minimum absolute atomic E-state index is 0.0376. The number of nitrogens with one attached hydrogen (secondary N) is 1. The Hall–Kier alpha value is -2.68. The molecule has 2 amide bonds. The maximum Gasteiger partial charge on any atom is 0.355 e. The molecular formula is C19H24N2O6S. The lowest BCUT2D eigenvalue weighted by Gasteiger charge is -2.26. The summed E-state index contributed by atoms with van der Waals surface area (Å²) in [5.41, 5.74) is 0.583. The van der Waals surface area contributed by atoms with Gasteiger partial charge in [-0.05, 0) is 25.0 Å². The topological polar surface area (TPSA) is 110 Å². The standard InChI is InChI=1S/C19H24N2O6S/c1-13(18(23)21(3)16-9-10-28(25,26)12-16)27-19(24)17(20-14(2)22)11-15-7-5-4-6-8-15/h4-8,11,13,16H,9-10,12H2,1-3H3,(H,20,22)/b17-11-/t13-,16-/m0/s1. The number of ether oxygens (including phenoxy) is 1. The van der Waals surface area contributed by atoms with E-state index in [1.54, 1.807) is 24.3 Å². The predicted molar refractivity (Wildman–Crippen MR) is 104 cm³/mol. The Morgan fingerprint density at radius 3 is 2.43 bits per heavy atom. The fourth-order valence-corrected chi connectivity index (χ4v) is 4.65. The van der Waals surface area contributed by atoms with Gasteiger partial charge in [0.2, 0.25) is 5.91 Å². The number of hydrogen-bond donors (Lipinski definition) is 1. The van der Waals surface area contributed by atoms with E-state index in [-0.39, 0.29) is 17.2 Å². The molecule has 2 atom stereocenters. The van der Waals surface area contributed by atoms with E-state index >= 15 is 0 Å². The van der Waals surface area contributed by atoms with Crippen LogP contribution in [0.3, 0.4) is 0 Å². The summed E-state index contributed by atoms with van der Waals surface area (Å²) in [6.45, 7) is 2.67. The molecule has 1 saturated heterocycles. The predicted octanol–water partition coefficient (Wildman–Crippen LogP) is 0.741. The molecule has 0 saturated carbocycles. The summed E-state index contributed by atoms with van der Waals surface area (Å²) in [7, 11) is -1.65. The van der Waals surface area contributed by atoms with Crippen LogP contribution >= 0.6 is 0 Å². The first-order valence-corrected chi connectivity index (χ1v) is 10.6. The highest BCUT2D eigenvalue weighted by Crippen LogP contribution is 2.18. The number of nitrogens with zero attached hydrogens (tertiary/aromatic N) is 1. The first kappa shape index (κ1) is 21.6. The summed E-state index contributed by atoms with van der Waals surface area (Å²) in [5, 5.41) is 2.41. The summed E-state index contributed by atoms with van der Waals surface area (Å²) in [4.78, 5) is 37.7. The lowest BCUT2D eigenvalue weighted by molar-refractivity contribution is -0.156. The Bertz CT molecular complexity index is 879. The zero-order valence-electron chi connectivity index (χ0n) is 16.0. The number of benzene rings is 1. The van der Waals surface area contributed by atoms with Crippen LogP contribution in [0.25, 0.3) is 6.08 Å². The van der Waals surface area contributed by atoms with Crippen molar-refractivity contribution in [1.82, 2.24) is 10.2 Å². The van der Waals surface area contributed by atoms with E-state index in [9.17, 15) is 22.8 Å². The Kier molecular flexibility index (Phi) is 6.95. The van der Waals surface area contributed by atoms with Crippen molar-refractivity contribution < 1.29 is 27.5 Å². The Balaban J connectivity index is 2.08. The van der Waals surface area contributed by atoms with Crippen molar-refractivity contribution in [3.05, 3.63) is 41.6 Å². The van der Waals surface area contributed by atoms with Gasteiger partial charge in [0, 0.05) is 20.0 Å². The van der Waals surface area contributed by atoms with E-state index in [1.807, 2.05) is 6.07 Å². The largest absolute Gasteiger partial charge is 0.448 e. The third-order valence-corrected chi connectivity index (χ3v) is 6.13. The summed E-state index contributed by atoms with van der Waals surface area (Å²) < 4.78 is 28.4. The van der Waals surface area contributed by atoms with E-state index in [0.717, 1.165) is 0 Å². The second-order valence-corrected chi connectivity index (χ2v) is 8.93. The highest BCUT2D eigenvalue weighted by Gasteiger charge is 2.35. The zero-order chi connectivity index (χ0) is 20.9. The third-order valence-electron chi connectivity index (χ3n) is 4.38. The van der Waals surface area contributed by atoms with E-state index in [0.29, 0.717) is 12.0 Å². The van der Waals surface area contributed by atoms with E-state index < -0.39 is 39.8 Å². The van der Waals surface area contributed by atoms with Gasteiger partial charge in [0.15, 0.2) is 15.9 Å². The van der Waals surface area contributed by atoms with Crippen molar-refractivity contribution in [3.63, 3.8) is 0 Å². The summed E-state index contributed by atoms with van der Waals surface area (Å²) >= 11 is 0. The molecule has 0 unspecified atom stereocenters. The number of carbonyl (C=O) groups excluding carboxylic acids is 3. The van der Waals surface area contributed by atoms with Crippen LogP contribution in [0, 0.1) is 0 Å². The van der Waals surface area contributed by atoms with Crippen LogP contribution in [-0.2, 0) is 29.0 Å². The number of likely N-dealkylation sites (N-methyl/N-ethyl adjacent to an activating group) is 1. The van der Waals surface area contributed by atoms with Gasteiger partial charge >= 0.3 is 5.97 Å². The van der Waals surface area contributed by atoms with Crippen LogP contribution in [0.15, 0.2) is 36.0 Å². The quantitative estimate of drug-likeness (QED) is 0.549. The van der Waals surface area contributed by atoms with Crippen LogP contribution < -0.4 is 5.32 Å². The fraction of sp³-hybridized carbons (Fsp3) is 0.421. The van der Waals surface area contributed by atoms with Gasteiger partial charge < -0.3 is 15.0 Å². The molecule has 0 radical (unpaired) electrons. The van der Waals surface area contributed by atoms with Gasteiger partial charge in [-0.2, -0.15) is 0 Å². The average molecular weight is 408 g/mol. The molecule has 0 aromatic heterocycles. The number of rotatable bonds is 6. The van der Waals surface area contributed by atoms with Gasteiger partial charge in [0.05, 0.1) is 11.5 Å². The van der Waals surface area contributed by atoms with E-state index in [1.165, 1.54) is 31.9 Å². The van der Waals surface area contributed by atoms with Gasteiger partial charge in [-0.1, -0.05) is 30.3 Å². The summed E-state index contributed by atoms with van der Waals surface area (Å²) in [6, 6.07) is 8.43. The minimum Gasteiger partial charge on any atom is -0.448 e. The Morgan fingerprint density at radius 2 is 1.89 bits per heavy atom. The molecule has 1 fully saturated rings. The normalized spacial score (nSPS) is 19.5. The molecule has 1 aromatic rings. The third kappa shape index (κ3) is 5.91. The molecule has 1 aliphatic heterocycles. The van der Waals surface area contributed by atoms with Crippen LogP contribution in [0.5, 0.6) is 0 Å². The molecule has 0 bridgehead atoms. The lowest BCUT2D eigenvalue weighted by atomic mass is 10.2. The molecule has 9 heteroatoms. The molecular weight excluding hydrogens is 384 g/mol. The smallest absolute Gasteiger partial charge is 0.355 e. The van der Waals surface area contributed by atoms with Crippen molar-refractivity contribution in [2.24, 2.45) is 0 Å². The van der Waals surface area contributed by atoms with Crippen molar-refractivity contribution in [3.8, 4) is 0 Å². The van der Waals surface area contributed by atoms with Crippen molar-refractivity contribution >= 4 is 33.7 Å². The molecule has 0 spiro atoms. The molecule has 28 heavy (non-hydrogen) atoms. The van der Waals surface area contributed by atoms with Crippen LogP contribution in [0.1, 0.15) is 25.8 Å².